The number of alkyl halides is 3. The van der Waals surface area contributed by atoms with Crippen LogP contribution in [0.4, 0.5) is 18.9 Å². The van der Waals surface area contributed by atoms with Crippen LogP contribution in [-0.4, -0.2) is 40.6 Å². The predicted molar refractivity (Wildman–Crippen MR) is 145 cm³/mol. The highest BCUT2D eigenvalue weighted by molar-refractivity contribution is 5.92. The molecule has 10 heteroatoms. The lowest BCUT2D eigenvalue weighted by Gasteiger charge is -2.40. The van der Waals surface area contributed by atoms with Gasteiger partial charge in [-0.25, -0.2) is 4.79 Å². The first-order valence-corrected chi connectivity index (χ1v) is 14.0. The minimum absolute atomic E-state index is 0.0196. The first-order valence-electron chi connectivity index (χ1n) is 14.0. The smallest absolute Gasteiger partial charge is 0.475 e. The third-order valence-electron chi connectivity index (χ3n) is 8.58. The van der Waals surface area contributed by atoms with E-state index in [0.29, 0.717) is 29.2 Å². The van der Waals surface area contributed by atoms with E-state index in [4.69, 9.17) is 9.15 Å². The van der Waals surface area contributed by atoms with Crippen molar-refractivity contribution in [2.24, 2.45) is 0 Å². The molecule has 214 valence electrons. The van der Waals surface area contributed by atoms with E-state index >= 15 is 0 Å². The molecule has 0 radical (unpaired) electrons. The van der Waals surface area contributed by atoms with Gasteiger partial charge in [0.05, 0.1) is 12.7 Å². The Morgan fingerprint density at radius 1 is 1.02 bits per heavy atom. The molecule has 2 bridgehead atoms. The number of anilines is 1. The van der Waals surface area contributed by atoms with Crippen molar-refractivity contribution in [3.8, 4) is 16.9 Å². The van der Waals surface area contributed by atoms with E-state index in [2.05, 4.69) is 14.6 Å². The number of hydrogen-bond acceptors (Lipinski definition) is 5. The molecule has 1 aliphatic carbocycles. The number of rotatable bonds is 8. The third-order valence-corrected chi connectivity index (χ3v) is 8.58. The van der Waals surface area contributed by atoms with E-state index < -0.39 is 12.3 Å². The van der Waals surface area contributed by atoms with Crippen LogP contribution in [0.2, 0.25) is 0 Å². The number of furan rings is 1. The Labute approximate surface area is 233 Å². The highest BCUT2D eigenvalue weighted by atomic mass is 19.4. The molecule has 41 heavy (non-hydrogen) atoms. The predicted octanol–water partition coefficient (Wildman–Crippen LogP) is 7.62. The van der Waals surface area contributed by atoms with Gasteiger partial charge in [0.2, 0.25) is 5.76 Å². The number of H-pyrrole nitrogens is 1. The van der Waals surface area contributed by atoms with Crippen molar-refractivity contribution in [1.82, 2.24) is 4.98 Å². The molecule has 2 atom stereocenters. The Bertz CT molecular complexity index is 1590. The van der Waals surface area contributed by atoms with E-state index in [1.54, 1.807) is 18.3 Å². The number of ether oxygens (including phenoxy) is 2. The van der Waals surface area contributed by atoms with Crippen LogP contribution in [0, 0.1) is 0 Å². The number of fused-ring (bicyclic) bond motifs is 3. The monoisotopic (exact) mass is 566 g/mol. The van der Waals surface area contributed by atoms with Crippen molar-refractivity contribution < 1.29 is 37.0 Å². The Hall–Kier alpha value is -3.92. The van der Waals surface area contributed by atoms with Crippen LogP contribution >= 0.6 is 0 Å². The van der Waals surface area contributed by atoms with E-state index in [1.807, 2.05) is 18.2 Å². The van der Waals surface area contributed by atoms with Gasteiger partial charge in [0, 0.05) is 57.8 Å². The molecule has 7 nitrogen and oxygen atoms in total. The third kappa shape index (κ3) is 5.05. The molecule has 7 rings (SSSR count). The summed E-state index contributed by atoms with van der Waals surface area (Å²) in [6.45, 7) is 0.311. The van der Waals surface area contributed by atoms with Gasteiger partial charge >= 0.3 is 12.3 Å². The quantitative estimate of drug-likeness (QED) is 0.228. The first-order chi connectivity index (χ1) is 19.7. The van der Waals surface area contributed by atoms with Crippen molar-refractivity contribution in [3.63, 3.8) is 0 Å². The van der Waals surface area contributed by atoms with Gasteiger partial charge < -0.3 is 28.9 Å². The molecule has 1 saturated carbocycles. The molecule has 3 aliphatic rings. The van der Waals surface area contributed by atoms with Crippen molar-refractivity contribution in [1.29, 1.82) is 0 Å². The summed E-state index contributed by atoms with van der Waals surface area (Å²) in [6.07, 6.45) is 2.84. The van der Waals surface area contributed by atoms with Crippen molar-refractivity contribution in [2.75, 3.05) is 4.90 Å². The van der Waals surface area contributed by atoms with Crippen LogP contribution < -0.4 is 9.64 Å². The molecule has 2 N–H and O–H groups in total. The minimum Gasteiger partial charge on any atom is -0.475 e. The fourth-order valence-corrected chi connectivity index (χ4v) is 6.68. The summed E-state index contributed by atoms with van der Waals surface area (Å²) >= 11 is 0. The minimum atomic E-state index is -4.78. The van der Waals surface area contributed by atoms with Gasteiger partial charge in [-0.05, 0) is 68.7 Å². The number of piperidine rings is 1. The summed E-state index contributed by atoms with van der Waals surface area (Å²) in [5.41, 5.74) is 4.58. The Balaban J connectivity index is 1.09. The topological polar surface area (TPSA) is 87.9 Å². The van der Waals surface area contributed by atoms with Crippen molar-refractivity contribution in [3.05, 3.63) is 71.7 Å². The lowest BCUT2D eigenvalue weighted by atomic mass is 9.98. The van der Waals surface area contributed by atoms with Gasteiger partial charge in [-0.15, -0.1) is 13.2 Å². The fourth-order valence-electron chi connectivity index (χ4n) is 6.68. The fraction of sp³-hybridized carbons (Fsp3) is 0.387. The lowest BCUT2D eigenvalue weighted by molar-refractivity contribution is -0.274. The second-order valence-corrected chi connectivity index (χ2v) is 11.2. The van der Waals surface area contributed by atoms with E-state index in [9.17, 15) is 23.1 Å². The van der Waals surface area contributed by atoms with Crippen molar-refractivity contribution >= 4 is 22.6 Å². The van der Waals surface area contributed by atoms with Gasteiger partial charge in [0.15, 0.2) is 0 Å². The number of aromatic nitrogens is 1. The number of aromatic carboxylic acids is 1. The number of carboxylic acid groups (broad SMARTS) is 1. The largest absolute Gasteiger partial charge is 0.573 e. The number of carboxylic acids is 1. The SMILES string of the molecule is O=C(O)c1cc2ccc(N3C4CCC3CC(OCc3c(-c5ccccc5OC(F)(F)F)c[nH]c3C3CC3)C4)cc2o1. The zero-order valence-electron chi connectivity index (χ0n) is 22.1. The number of aromatic amines is 1. The standard InChI is InChI=1S/C31H29F3N2O5/c32-31(33,34)41-26-4-2-1-3-23(26)24-15-35-29(17-5-6-17)25(24)16-39-22-12-19-9-10-20(13-22)36(19)21-8-7-18-11-28(30(37)38)40-27(18)14-21/h1-4,7-8,11,14-15,17,19-20,22,35H,5-6,9-10,12-13,16H2,(H,37,38). The molecular weight excluding hydrogens is 537 g/mol. The van der Waals surface area contributed by atoms with Crippen molar-refractivity contribution in [2.45, 2.75) is 75.6 Å². The molecular formula is C31H29F3N2O5. The number of para-hydroxylation sites is 1. The summed E-state index contributed by atoms with van der Waals surface area (Å²) < 4.78 is 55.8. The molecule has 0 spiro atoms. The number of nitrogens with one attached hydrogen (secondary N) is 1. The number of hydrogen-bond donors (Lipinski definition) is 2. The number of nitrogens with zero attached hydrogens (tertiary/aromatic N) is 1. The normalized spacial score (nSPS) is 22.4. The molecule has 4 heterocycles. The van der Waals surface area contributed by atoms with Crippen LogP contribution in [0.15, 0.2) is 59.1 Å². The van der Waals surface area contributed by atoms with Gasteiger partial charge in [0.1, 0.15) is 11.3 Å². The second kappa shape index (κ2) is 9.87. The first kappa shape index (κ1) is 26.0. The molecule has 2 unspecified atom stereocenters. The number of carbonyl (C=O) groups is 1. The molecule has 0 amide bonds. The number of benzene rings is 2. The molecule has 3 fully saturated rings. The molecule has 2 aliphatic heterocycles. The van der Waals surface area contributed by atoms with Crippen LogP contribution in [0.3, 0.4) is 0 Å². The van der Waals surface area contributed by atoms with Gasteiger partial charge in [-0.2, -0.15) is 0 Å². The Morgan fingerprint density at radius 2 is 1.78 bits per heavy atom. The van der Waals surface area contributed by atoms with E-state index in [-0.39, 0.29) is 29.7 Å². The van der Waals surface area contributed by atoms with Gasteiger partial charge in [-0.1, -0.05) is 18.2 Å². The lowest BCUT2D eigenvalue weighted by Crippen LogP contribution is -2.45. The van der Waals surface area contributed by atoms with Crippen LogP contribution in [0.1, 0.15) is 66.3 Å². The van der Waals surface area contributed by atoms with Crippen LogP contribution in [0.25, 0.3) is 22.1 Å². The highest BCUT2D eigenvalue weighted by Gasteiger charge is 2.42. The summed E-state index contributed by atoms with van der Waals surface area (Å²) in [5, 5.41) is 10.0. The summed E-state index contributed by atoms with van der Waals surface area (Å²) in [7, 11) is 0. The molecule has 2 aromatic carbocycles. The van der Waals surface area contributed by atoms with Gasteiger partial charge in [-0.3, -0.25) is 0 Å². The molecule has 2 saturated heterocycles. The highest BCUT2D eigenvalue weighted by Crippen LogP contribution is 2.46. The van der Waals surface area contributed by atoms with Crippen LogP contribution in [-0.2, 0) is 11.3 Å². The maximum atomic E-state index is 13.1. The molecule has 4 aromatic rings. The average molecular weight is 567 g/mol. The summed E-state index contributed by atoms with van der Waals surface area (Å²) in [4.78, 5) is 17.0. The molecule has 2 aromatic heterocycles. The van der Waals surface area contributed by atoms with Gasteiger partial charge in [0.25, 0.3) is 0 Å². The van der Waals surface area contributed by atoms with E-state index in [0.717, 1.165) is 60.9 Å². The number of halogens is 3. The zero-order valence-corrected chi connectivity index (χ0v) is 22.1. The Kier molecular flexibility index (Phi) is 6.26. The Morgan fingerprint density at radius 3 is 2.49 bits per heavy atom. The van der Waals surface area contributed by atoms with Crippen LogP contribution in [0.5, 0.6) is 5.75 Å². The van der Waals surface area contributed by atoms with E-state index in [1.165, 1.54) is 18.2 Å². The average Bonchev–Trinajstić information content (AvgIpc) is 3.44. The maximum absolute atomic E-state index is 13.1. The second-order valence-electron chi connectivity index (χ2n) is 11.2. The summed E-state index contributed by atoms with van der Waals surface area (Å²) in [5.74, 6) is -1.02. The zero-order chi connectivity index (χ0) is 28.3. The summed E-state index contributed by atoms with van der Waals surface area (Å²) in [6, 6.07) is 14.2. The maximum Gasteiger partial charge on any atom is 0.573 e.